The largest absolute Gasteiger partial charge is 0.463 e. The standard InChI is InChI=1S/C17H30FNO2/c1-3-5-6-7-8-9-10-11-12-13-14-17(18,15-19)16(20)21-4-2/h3-14H2,1-2H3/t17-/m1/s1. The van der Waals surface area contributed by atoms with Gasteiger partial charge in [-0.25, -0.2) is 9.18 Å². The molecule has 0 radical (unpaired) electrons. The van der Waals surface area contributed by atoms with E-state index < -0.39 is 11.6 Å². The van der Waals surface area contributed by atoms with Crippen LogP contribution in [0.2, 0.25) is 0 Å². The highest BCUT2D eigenvalue weighted by Crippen LogP contribution is 2.22. The fraction of sp³-hybridized carbons (Fsp3) is 0.882. The summed E-state index contributed by atoms with van der Waals surface area (Å²) in [7, 11) is 0. The first-order chi connectivity index (χ1) is 10.1. The number of esters is 1. The molecular formula is C17H30FNO2. The third-order valence-electron chi connectivity index (χ3n) is 3.65. The number of rotatable bonds is 13. The highest BCUT2D eigenvalue weighted by molar-refractivity contribution is 5.82. The molecule has 0 N–H and O–H groups in total. The van der Waals surface area contributed by atoms with Gasteiger partial charge in [-0.3, -0.25) is 0 Å². The first kappa shape index (κ1) is 19.9. The number of halogens is 1. The molecule has 122 valence electrons. The van der Waals surface area contributed by atoms with Crippen LogP contribution < -0.4 is 0 Å². The van der Waals surface area contributed by atoms with E-state index in [9.17, 15) is 9.18 Å². The molecule has 3 nitrogen and oxygen atoms in total. The van der Waals surface area contributed by atoms with Crippen molar-refractivity contribution in [1.29, 1.82) is 5.26 Å². The van der Waals surface area contributed by atoms with Crippen LogP contribution in [0.15, 0.2) is 0 Å². The lowest BCUT2D eigenvalue weighted by Gasteiger charge is -2.15. The van der Waals surface area contributed by atoms with Crippen molar-refractivity contribution < 1.29 is 13.9 Å². The van der Waals surface area contributed by atoms with Crippen molar-refractivity contribution in [3.8, 4) is 6.07 Å². The third-order valence-corrected chi connectivity index (χ3v) is 3.65. The predicted octanol–water partition coefficient (Wildman–Crippen LogP) is 5.09. The van der Waals surface area contributed by atoms with Crippen LogP contribution in [0.1, 0.15) is 84.5 Å². The Labute approximate surface area is 128 Å². The van der Waals surface area contributed by atoms with Gasteiger partial charge in [0.15, 0.2) is 0 Å². The predicted molar refractivity (Wildman–Crippen MR) is 82.5 cm³/mol. The number of ether oxygens (including phenoxy) is 1. The summed E-state index contributed by atoms with van der Waals surface area (Å²) in [6.07, 6.45) is 11.3. The van der Waals surface area contributed by atoms with Gasteiger partial charge >= 0.3 is 5.97 Å². The van der Waals surface area contributed by atoms with E-state index >= 15 is 0 Å². The summed E-state index contributed by atoms with van der Waals surface area (Å²) in [5.74, 6) is -1.04. The fourth-order valence-corrected chi connectivity index (χ4v) is 2.31. The zero-order valence-electron chi connectivity index (χ0n) is 13.6. The normalized spacial score (nSPS) is 13.4. The molecule has 0 aliphatic carbocycles. The highest BCUT2D eigenvalue weighted by atomic mass is 19.1. The molecule has 1 atom stereocenters. The van der Waals surface area contributed by atoms with Crippen LogP contribution in [0, 0.1) is 11.3 Å². The Morgan fingerprint density at radius 1 is 1.00 bits per heavy atom. The van der Waals surface area contributed by atoms with Crippen molar-refractivity contribution in [2.75, 3.05) is 6.61 Å². The van der Waals surface area contributed by atoms with E-state index in [1.807, 2.05) is 0 Å². The number of hydrogen-bond donors (Lipinski definition) is 0. The molecule has 0 unspecified atom stereocenters. The van der Waals surface area contributed by atoms with Gasteiger partial charge in [-0.05, 0) is 13.3 Å². The van der Waals surface area contributed by atoms with Crippen LogP contribution in [0.3, 0.4) is 0 Å². The zero-order chi connectivity index (χ0) is 16.0. The molecule has 0 aromatic heterocycles. The van der Waals surface area contributed by atoms with E-state index in [0.29, 0.717) is 6.42 Å². The molecule has 0 rings (SSSR count). The summed E-state index contributed by atoms with van der Waals surface area (Å²) in [5, 5.41) is 8.80. The monoisotopic (exact) mass is 299 g/mol. The quantitative estimate of drug-likeness (QED) is 0.351. The van der Waals surface area contributed by atoms with Crippen molar-refractivity contribution in [3.63, 3.8) is 0 Å². The zero-order valence-corrected chi connectivity index (χ0v) is 13.6. The summed E-state index contributed by atoms with van der Waals surface area (Å²) in [5.41, 5.74) is -2.46. The van der Waals surface area contributed by atoms with E-state index in [-0.39, 0.29) is 13.0 Å². The second-order valence-corrected chi connectivity index (χ2v) is 5.57. The van der Waals surface area contributed by atoms with E-state index in [1.165, 1.54) is 44.6 Å². The molecule has 21 heavy (non-hydrogen) atoms. The molecule has 0 aliphatic rings. The average molecular weight is 299 g/mol. The Morgan fingerprint density at radius 2 is 1.48 bits per heavy atom. The molecule has 4 heteroatoms. The van der Waals surface area contributed by atoms with Crippen molar-refractivity contribution >= 4 is 5.97 Å². The van der Waals surface area contributed by atoms with Crippen LogP contribution >= 0.6 is 0 Å². The first-order valence-electron chi connectivity index (χ1n) is 8.38. The molecule has 0 bridgehead atoms. The molecule has 0 aromatic rings. The lowest BCUT2D eigenvalue weighted by molar-refractivity contribution is -0.153. The number of carbonyl (C=O) groups excluding carboxylic acids is 1. The summed E-state index contributed by atoms with van der Waals surface area (Å²) in [6, 6.07) is 1.45. The number of nitriles is 1. The summed E-state index contributed by atoms with van der Waals surface area (Å²) in [6.45, 7) is 3.92. The van der Waals surface area contributed by atoms with Gasteiger partial charge in [-0.1, -0.05) is 64.7 Å². The minimum Gasteiger partial charge on any atom is -0.463 e. The second-order valence-electron chi connectivity index (χ2n) is 5.57. The van der Waals surface area contributed by atoms with Gasteiger partial charge in [0.25, 0.3) is 5.67 Å². The van der Waals surface area contributed by atoms with Gasteiger partial charge < -0.3 is 4.74 Å². The molecule has 0 saturated heterocycles. The van der Waals surface area contributed by atoms with Gasteiger partial charge in [-0.2, -0.15) is 5.26 Å². The number of hydrogen-bond acceptors (Lipinski definition) is 3. The number of nitrogens with zero attached hydrogens (tertiary/aromatic N) is 1. The molecule has 0 aliphatic heterocycles. The van der Waals surface area contributed by atoms with Crippen molar-refractivity contribution in [2.45, 2.75) is 90.1 Å². The van der Waals surface area contributed by atoms with Crippen LogP contribution in [0.5, 0.6) is 0 Å². The van der Waals surface area contributed by atoms with E-state index in [4.69, 9.17) is 5.26 Å². The minimum atomic E-state index is -2.46. The summed E-state index contributed by atoms with van der Waals surface area (Å²) < 4.78 is 18.6. The smallest absolute Gasteiger partial charge is 0.358 e. The Balaban J connectivity index is 3.60. The molecule has 0 aromatic carbocycles. The van der Waals surface area contributed by atoms with Crippen molar-refractivity contribution in [2.24, 2.45) is 0 Å². The molecule has 0 amide bonds. The topological polar surface area (TPSA) is 50.1 Å². The van der Waals surface area contributed by atoms with E-state index in [0.717, 1.165) is 19.3 Å². The minimum absolute atomic E-state index is 0.0567. The third kappa shape index (κ3) is 9.44. The average Bonchev–Trinajstić information content (AvgIpc) is 2.49. The fourth-order valence-electron chi connectivity index (χ4n) is 2.31. The summed E-state index contributed by atoms with van der Waals surface area (Å²) >= 11 is 0. The van der Waals surface area contributed by atoms with Gasteiger partial charge in [0.2, 0.25) is 0 Å². The van der Waals surface area contributed by atoms with E-state index in [1.54, 1.807) is 6.92 Å². The second kappa shape index (κ2) is 12.6. The van der Waals surface area contributed by atoms with Crippen molar-refractivity contribution in [1.82, 2.24) is 0 Å². The van der Waals surface area contributed by atoms with Crippen LogP contribution in [0.25, 0.3) is 0 Å². The Kier molecular flexibility index (Phi) is 12.0. The highest BCUT2D eigenvalue weighted by Gasteiger charge is 2.39. The van der Waals surface area contributed by atoms with Gasteiger partial charge in [-0.15, -0.1) is 0 Å². The first-order valence-corrected chi connectivity index (χ1v) is 8.38. The molecule has 0 fully saturated rings. The lowest BCUT2D eigenvalue weighted by Crippen LogP contribution is -2.34. The summed E-state index contributed by atoms with van der Waals surface area (Å²) in [4.78, 5) is 11.4. The van der Waals surface area contributed by atoms with Gasteiger partial charge in [0, 0.05) is 6.42 Å². The van der Waals surface area contributed by atoms with Crippen LogP contribution in [-0.4, -0.2) is 18.2 Å². The maximum absolute atomic E-state index is 14.0. The molecule has 0 heterocycles. The maximum Gasteiger partial charge on any atom is 0.358 e. The van der Waals surface area contributed by atoms with Crippen LogP contribution in [-0.2, 0) is 9.53 Å². The number of carbonyl (C=O) groups is 1. The van der Waals surface area contributed by atoms with Crippen LogP contribution in [0.4, 0.5) is 4.39 Å². The number of alkyl halides is 1. The molecule has 0 saturated carbocycles. The SMILES string of the molecule is CCCCCCCCCCCC[C@@](F)(C#N)C(=O)OCC. The molecule has 0 spiro atoms. The van der Waals surface area contributed by atoms with Gasteiger partial charge in [0.1, 0.15) is 6.07 Å². The maximum atomic E-state index is 14.0. The lowest BCUT2D eigenvalue weighted by atomic mass is 9.98. The van der Waals surface area contributed by atoms with E-state index in [2.05, 4.69) is 11.7 Å². The Hall–Kier alpha value is -1.11. The Morgan fingerprint density at radius 3 is 1.90 bits per heavy atom. The van der Waals surface area contributed by atoms with Gasteiger partial charge in [0.05, 0.1) is 6.61 Å². The molecular weight excluding hydrogens is 269 g/mol. The Bertz CT molecular complexity index is 314. The number of unbranched alkanes of at least 4 members (excludes halogenated alkanes) is 9. The van der Waals surface area contributed by atoms with Crippen molar-refractivity contribution in [3.05, 3.63) is 0 Å².